The van der Waals surface area contributed by atoms with Crippen molar-refractivity contribution in [3.05, 3.63) is 121 Å². The SMILES string of the molecule is Nc1cccc(-c2c(N)ccc(Oc3ccc(N)c(-c4cccc(N)c4)c3-c3cccc(N)c3)c2-c2cccc(N)c2)c1. The average molecular weight is 565 g/mol. The summed E-state index contributed by atoms with van der Waals surface area (Å²) in [6, 6.07) is 37.8. The van der Waals surface area contributed by atoms with Crippen molar-refractivity contribution in [1.29, 1.82) is 0 Å². The number of anilines is 6. The highest BCUT2D eigenvalue weighted by molar-refractivity contribution is 5.98. The second kappa shape index (κ2) is 11.1. The molecule has 0 bridgehead atoms. The minimum atomic E-state index is 0.573. The first kappa shape index (κ1) is 27.1. The zero-order valence-corrected chi connectivity index (χ0v) is 23.4. The normalized spacial score (nSPS) is 10.9. The van der Waals surface area contributed by atoms with E-state index in [-0.39, 0.29) is 0 Å². The fourth-order valence-electron chi connectivity index (χ4n) is 5.46. The third-order valence-electron chi connectivity index (χ3n) is 7.32. The van der Waals surface area contributed by atoms with Gasteiger partial charge in [0, 0.05) is 56.4 Å². The van der Waals surface area contributed by atoms with E-state index in [9.17, 15) is 0 Å². The fraction of sp³-hybridized carbons (Fsp3) is 0. The van der Waals surface area contributed by atoms with Crippen molar-refractivity contribution < 1.29 is 4.74 Å². The maximum atomic E-state index is 6.87. The predicted octanol–water partition coefficient (Wildman–Crippen LogP) is 7.64. The average Bonchev–Trinajstić information content (AvgIpc) is 2.98. The predicted molar refractivity (Wildman–Crippen MR) is 181 cm³/mol. The summed E-state index contributed by atoms with van der Waals surface area (Å²) in [7, 11) is 0. The van der Waals surface area contributed by atoms with E-state index < -0.39 is 0 Å². The van der Waals surface area contributed by atoms with Crippen LogP contribution in [-0.2, 0) is 0 Å². The lowest BCUT2D eigenvalue weighted by atomic mass is 9.90. The molecule has 6 aromatic carbocycles. The highest BCUT2D eigenvalue weighted by Gasteiger charge is 2.22. The number of benzene rings is 6. The molecule has 0 unspecified atom stereocenters. The molecule has 0 fully saturated rings. The van der Waals surface area contributed by atoms with Crippen LogP contribution in [0.1, 0.15) is 0 Å². The van der Waals surface area contributed by atoms with Gasteiger partial charge in [-0.05, 0) is 95.1 Å². The number of hydrogen-bond acceptors (Lipinski definition) is 7. The summed E-state index contributed by atoms with van der Waals surface area (Å²) in [5.74, 6) is 1.15. The maximum absolute atomic E-state index is 6.87. The Labute approximate surface area is 250 Å². The molecule has 0 saturated carbocycles. The van der Waals surface area contributed by atoms with Crippen LogP contribution < -0.4 is 39.1 Å². The molecule has 12 N–H and O–H groups in total. The standard InChI is InChI=1S/C36H32N6O/c37-25-9-1-5-21(17-25)33-29(41)13-15-31(35(33)23-7-3-11-27(39)19-23)43-32-16-14-30(42)34(22-6-2-10-26(38)18-22)36(32)24-8-4-12-28(40)20-24/h1-20H,37-42H2. The second-order valence-electron chi connectivity index (χ2n) is 10.4. The smallest absolute Gasteiger partial charge is 0.136 e. The molecule has 43 heavy (non-hydrogen) atoms. The van der Waals surface area contributed by atoms with E-state index in [4.69, 9.17) is 39.1 Å². The first-order valence-electron chi connectivity index (χ1n) is 13.7. The molecule has 0 aliphatic heterocycles. The van der Waals surface area contributed by atoms with Crippen molar-refractivity contribution in [2.24, 2.45) is 0 Å². The molecule has 7 nitrogen and oxygen atoms in total. The Morgan fingerprint density at radius 2 is 0.628 bits per heavy atom. The molecule has 0 aliphatic rings. The van der Waals surface area contributed by atoms with Crippen LogP contribution in [0.15, 0.2) is 121 Å². The molecule has 0 saturated heterocycles. The molecule has 6 rings (SSSR count). The van der Waals surface area contributed by atoms with Gasteiger partial charge in [0.2, 0.25) is 0 Å². The minimum absolute atomic E-state index is 0.573. The maximum Gasteiger partial charge on any atom is 0.136 e. The largest absolute Gasteiger partial charge is 0.456 e. The molecule has 7 heteroatoms. The van der Waals surface area contributed by atoms with Crippen LogP contribution in [0.4, 0.5) is 34.1 Å². The molecule has 212 valence electrons. The van der Waals surface area contributed by atoms with Gasteiger partial charge < -0.3 is 39.1 Å². The van der Waals surface area contributed by atoms with Crippen LogP contribution in [0.5, 0.6) is 11.5 Å². The molecule has 0 atom stereocenters. The highest BCUT2D eigenvalue weighted by atomic mass is 16.5. The lowest BCUT2D eigenvalue weighted by Crippen LogP contribution is -2.01. The van der Waals surface area contributed by atoms with E-state index >= 15 is 0 Å². The lowest BCUT2D eigenvalue weighted by molar-refractivity contribution is 0.487. The summed E-state index contributed by atoms with van der Waals surface area (Å²) < 4.78 is 6.87. The van der Waals surface area contributed by atoms with Crippen molar-refractivity contribution in [2.75, 3.05) is 34.4 Å². The molecular weight excluding hydrogens is 532 g/mol. The third-order valence-corrected chi connectivity index (χ3v) is 7.32. The Bertz CT molecular complexity index is 1840. The second-order valence-corrected chi connectivity index (χ2v) is 10.4. The van der Waals surface area contributed by atoms with Crippen LogP contribution in [-0.4, -0.2) is 0 Å². The third kappa shape index (κ3) is 5.35. The molecule has 0 aromatic heterocycles. The number of hydrogen-bond donors (Lipinski definition) is 6. The first-order valence-corrected chi connectivity index (χ1v) is 13.7. The van der Waals surface area contributed by atoms with E-state index in [0.717, 1.165) is 44.5 Å². The summed E-state index contributed by atoms with van der Waals surface area (Å²) in [4.78, 5) is 0. The Morgan fingerprint density at radius 1 is 0.326 bits per heavy atom. The fourth-order valence-corrected chi connectivity index (χ4v) is 5.46. The van der Waals surface area contributed by atoms with E-state index in [1.807, 2.05) is 121 Å². The van der Waals surface area contributed by atoms with Gasteiger partial charge in [-0.25, -0.2) is 0 Å². The van der Waals surface area contributed by atoms with Crippen molar-refractivity contribution in [3.8, 4) is 56.0 Å². The lowest BCUT2D eigenvalue weighted by Gasteiger charge is -2.22. The van der Waals surface area contributed by atoms with E-state index in [2.05, 4.69) is 0 Å². The first-order chi connectivity index (χ1) is 20.8. The topological polar surface area (TPSA) is 165 Å². The van der Waals surface area contributed by atoms with E-state index in [1.165, 1.54) is 0 Å². The van der Waals surface area contributed by atoms with Gasteiger partial charge in [-0.2, -0.15) is 0 Å². The van der Waals surface area contributed by atoms with Gasteiger partial charge in [0.1, 0.15) is 11.5 Å². The zero-order chi connectivity index (χ0) is 30.1. The van der Waals surface area contributed by atoms with Gasteiger partial charge in [-0.15, -0.1) is 0 Å². The summed E-state index contributed by atoms with van der Waals surface area (Å²) in [6.45, 7) is 0. The molecule has 0 spiro atoms. The summed E-state index contributed by atoms with van der Waals surface area (Å²) in [6.07, 6.45) is 0. The molecule has 0 heterocycles. The molecule has 0 aliphatic carbocycles. The molecule has 0 radical (unpaired) electrons. The monoisotopic (exact) mass is 564 g/mol. The van der Waals surface area contributed by atoms with Gasteiger partial charge >= 0.3 is 0 Å². The van der Waals surface area contributed by atoms with E-state index in [0.29, 0.717) is 45.6 Å². The van der Waals surface area contributed by atoms with Crippen LogP contribution in [0.25, 0.3) is 44.5 Å². The molecule has 6 aromatic rings. The highest BCUT2D eigenvalue weighted by Crippen LogP contribution is 2.49. The Balaban J connectivity index is 1.64. The zero-order valence-electron chi connectivity index (χ0n) is 23.4. The van der Waals surface area contributed by atoms with Gasteiger partial charge in [-0.3, -0.25) is 0 Å². The van der Waals surface area contributed by atoms with Gasteiger partial charge in [0.25, 0.3) is 0 Å². The minimum Gasteiger partial charge on any atom is -0.456 e. The molecular formula is C36H32N6O. The van der Waals surface area contributed by atoms with E-state index in [1.54, 1.807) is 0 Å². The number of nitrogens with two attached hydrogens (primary N) is 6. The van der Waals surface area contributed by atoms with Gasteiger partial charge in [0.05, 0.1) is 0 Å². The number of rotatable bonds is 6. The Kier molecular flexibility index (Phi) is 6.97. The summed E-state index contributed by atoms with van der Waals surface area (Å²) in [5, 5.41) is 0. The Morgan fingerprint density at radius 3 is 0.930 bits per heavy atom. The van der Waals surface area contributed by atoms with Crippen molar-refractivity contribution in [3.63, 3.8) is 0 Å². The van der Waals surface area contributed by atoms with Crippen LogP contribution >= 0.6 is 0 Å². The summed E-state index contributed by atoms with van der Waals surface area (Å²) >= 11 is 0. The number of nitrogen functional groups attached to an aromatic ring is 6. The van der Waals surface area contributed by atoms with Crippen LogP contribution in [0, 0.1) is 0 Å². The number of ether oxygens (including phenoxy) is 1. The van der Waals surface area contributed by atoms with Gasteiger partial charge in [0.15, 0.2) is 0 Å². The Hall–Kier alpha value is -6.08. The van der Waals surface area contributed by atoms with Crippen molar-refractivity contribution >= 4 is 34.1 Å². The molecule has 0 amide bonds. The van der Waals surface area contributed by atoms with Crippen LogP contribution in [0.3, 0.4) is 0 Å². The summed E-state index contributed by atoms with van der Waals surface area (Å²) in [5.41, 5.74) is 48.3. The van der Waals surface area contributed by atoms with Crippen molar-refractivity contribution in [2.45, 2.75) is 0 Å². The van der Waals surface area contributed by atoms with Crippen molar-refractivity contribution in [1.82, 2.24) is 0 Å². The van der Waals surface area contributed by atoms with Crippen LogP contribution in [0.2, 0.25) is 0 Å². The van der Waals surface area contributed by atoms with Gasteiger partial charge in [-0.1, -0.05) is 48.5 Å². The quantitative estimate of drug-likeness (QED) is 0.113.